The van der Waals surface area contributed by atoms with E-state index in [1.54, 1.807) is 47.0 Å². The fourth-order valence-corrected chi connectivity index (χ4v) is 12.1. The Balaban J connectivity index is 1.33. The Bertz CT molecular complexity index is 1240. The normalized spacial score (nSPS) is 16.5. The van der Waals surface area contributed by atoms with Gasteiger partial charge >= 0.3 is 12.2 Å². The van der Waals surface area contributed by atoms with Crippen molar-refractivity contribution in [2.75, 3.05) is 25.7 Å². The number of carbonyl (C=O) groups excluding carboxylic acids is 2. The topological polar surface area (TPSA) is 76.7 Å². The molecule has 2 atom stereocenters. The molecule has 0 radical (unpaired) electrons. The standard InChI is InChI=1S/C30H34N2O4S6/c1-19(21-11-7-5-8-12-21)31-29(33)35-17-15-23-24(40-27(39-23)28-41-25(37-3)26(38-4)42-28)16-18-36-30(34)32-20(2)22-13-9-6-10-14-22/h5-14,19-20H,15-18H2,1-4H3,(H,31,33)(H,32,34). The van der Waals surface area contributed by atoms with Crippen molar-refractivity contribution in [3.8, 4) is 0 Å². The van der Waals surface area contributed by atoms with Crippen LogP contribution in [0.3, 0.4) is 0 Å². The van der Waals surface area contributed by atoms with Crippen LogP contribution in [0.2, 0.25) is 0 Å². The van der Waals surface area contributed by atoms with Crippen molar-refractivity contribution in [1.29, 1.82) is 0 Å². The summed E-state index contributed by atoms with van der Waals surface area (Å²) < 4.78 is 16.3. The second-order valence-electron chi connectivity index (χ2n) is 9.14. The molecule has 12 heteroatoms. The molecular formula is C30H34N2O4S6. The highest BCUT2D eigenvalue weighted by Gasteiger charge is 2.29. The number of hydrogen-bond donors (Lipinski definition) is 2. The van der Waals surface area contributed by atoms with Gasteiger partial charge in [-0.15, -0.1) is 23.5 Å². The van der Waals surface area contributed by atoms with E-state index in [0.29, 0.717) is 12.8 Å². The maximum Gasteiger partial charge on any atom is 0.407 e. The lowest BCUT2D eigenvalue weighted by molar-refractivity contribution is 0.142. The number of thioether (sulfide) groups is 6. The average molecular weight is 679 g/mol. The van der Waals surface area contributed by atoms with E-state index in [2.05, 4.69) is 23.1 Å². The predicted molar refractivity (Wildman–Crippen MR) is 186 cm³/mol. The number of amides is 2. The van der Waals surface area contributed by atoms with Crippen molar-refractivity contribution in [3.63, 3.8) is 0 Å². The molecule has 42 heavy (non-hydrogen) atoms. The Morgan fingerprint density at radius 2 is 1.05 bits per heavy atom. The van der Waals surface area contributed by atoms with E-state index in [0.717, 1.165) is 20.9 Å². The van der Waals surface area contributed by atoms with Gasteiger partial charge in [-0.1, -0.05) is 108 Å². The highest BCUT2D eigenvalue weighted by Crippen LogP contribution is 2.63. The summed E-state index contributed by atoms with van der Waals surface area (Å²) >= 11 is 10.7. The van der Waals surface area contributed by atoms with E-state index < -0.39 is 12.2 Å². The van der Waals surface area contributed by atoms with Gasteiger partial charge in [-0.3, -0.25) is 0 Å². The lowest BCUT2D eigenvalue weighted by Gasteiger charge is -2.15. The Morgan fingerprint density at radius 1 is 0.667 bits per heavy atom. The zero-order chi connectivity index (χ0) is 29.9. The molecular weight excluding hydrogens is 645 g/mol. The van der Waals surface area contributed by atoms with E-state index in [1.807, 2.05) is 98.0 Å². The van der Waals surface area contributed by atoms with Crippen LogP contribution in [0.1, 0.15) is 49.9 Å². The van der Waals surface area contributed by atoms with Crippen LogP contribution in [0.5, 0.6) is 0 Å². The molecule has 4 rings (SSSR count). The minimum Gasteiger partial charge on any atom is -0.449 e. The van der Waals surface area contributed by atoms with Crippen molar-refractivity contribution in [2.45, 2.75) is 38.8 Å². The van der Waals surface area contributed by atoms with Crippen LogP contribution in [0, 0.1) is 0 Å². The third-order valence-electron chi connectivity index (χ3n) is 6.21. The second kappa shape index (κ2) is 17.0. The molecule has 2 aliphatic rings. The number of benzene rings is 2. The smallest absolute Gasteiger partial charge is 0.407 e. The van der Waals surface area contributed by atoms with Gasteiger partial charge in [0, 0.05) is 22.7 Å². The van der Waals surface area contributed by atoms with Crippen LogP contribution in [0.15, 0.2) is 87.4 Å². The van der Waals surface area contributed by atoms with Crippen molar-refractivity contribution < 1.29 is 19.1 Å². The monoisotopic (exact) mass is 678 g/mol. The maximum absolute atomic E-state index is 12.5. The quantitative estimate of drug-likeness (QED) is 0.227. The van der Waals surface area contributed by atoms with Gasteiger partial charge in [0.2, 0.25) is 0 Å². The number of rotatable bonds is 12. The summed E-state index contributed by atoms with van der Waals surface area (Å²) in [6.45, 7) is 4.41. The SMILES string of the molecule is CSC1=C(SC)SC(=C2SC(CCOC(=O)NC(C)c3ccccc3)=C(CCOC(=O)NC(C)c3ccccc3)S2)S1. The summed E-state index contributed by atoms with van der Waals surface area (Å²) in [7, 11) is 0. The van der Waals surface area contributed by atoms with Crippen LogP contribution in [-0.2, 0) is 9.47 Å². The van der Waals surface area contributed by atoms with Crippen molar-refractivity contribution >= 4 is 82.8 Å². The van der Waals surface area contributed by atoms with Crippen molar-refractivity contribution in [2.24, 2.45) is 0 Å². The van der Waals surface area contributed by atoms with Gasteiger partial charge in [-0.05, 0) is 37.5 Å². The molecule has 2 heterocycles. The van der Waals surface area contributed by atoms with Crippen LogP contribution in [-0.4, -0.2) is 37.9 Å². The van der Waals surface area contributed by atoms with Gasteiger partial charge < -0.3 is 20.1 Å². The first-order valence-electron chi connectivity index (χ1n) is 13.3. The number of nitrogens with one attached hydrogen (secondary N) is 2. The second-order valence-corrected chi connectivity index (χ2v) is 16.1. The van der Waals surface area contributed by atoms with Crippen LogP contribution >= 0.6 is 70.6 Å². The maximum atomic E-state index is 12.5. The van der Waals surface area contributed by atoms with Gasteiger partial charge in [0.25, 0.3) is 0 Å². The lowest BCUT2D eigenvalue weighted by Crippen LogP contribution is -2.27. The van der Waals surface area contributed by atoms with Gasteiger partial charge in [0.15, 0.2) is 0 Å². The molecule has 0 saturated carbocycles. The summed E-state index contributed by atoms with van der Waals surface area (Å²) in [5.41, 5.74) is 2.05. The Kier molecular flexibility index (Phi) is 13.4. The minimum atomic E-state index is -0.435. The van der Waals surface area contributed by atoms with Gasteiger partial charge in [-0.2, -0.15) is 0 Å². The molecule has 0 fully saturated rings. The lowest BCUT2D eigenvalue weighted by atomic mass is 10.1. The largest absolute Gasteiger partial charge is 0.449 e. The average Bonchev–Trinajstić information content (AvgIpc) is 3.62. The molecule has 2 amide bonds. The van der Waals surface area contributed by atoms with Crippen LogP contribution < -0.4 is 10.6 Å². The Hall–Kier alpha value is -1.70. The molecule has 0 bridgehead atoms. The molecule has 2 aliphatic heterocycles. The number of ether oxygens (including phenoxy) is 2. The zero-order valence-corrected chi connectivity index (χ0v) is 28.7. The fourth-order valence-electron chi connectivity index (χ4n) is 3.99. The Morgan fingerprint density at radius 3 is 1.43 bits per heavy atom. The van der Waals surface area contributed by atoms with E-state index in [-0.39, 0.29) is 25.3 Å². The molecule has 224 valence electrons. The molecule has 6 nitrogen and oxygen atoms in total. The summed E-state index contributed by atoms with van der Waals surface area (Å²) in [6, 6.07) is 19.3. The molecule has 2 N–H and O–H groups in total. The van der Waals surface area contributed by atoms with Gasteiger partial charge in [-0.25, -0.2) is 9.59 Å². The van der Waals surface area contributed by atoms with Crippen molar-refractivity contribution in [3.05, 3.63) is 98.5 Å². The molecule has 2 aromatic carbocycles. The third-order valence-corrected chi connectivity index (χ3v) is 14.8. The molecule has 0 aromatic heterocycles. The molecule has 0 spiro atoms. The summed E-state index contributed by atoms with van der Waals surface area (Å²) in [4.78, 5) is 27.3. The first kappa shape index (κ1) is 33.2. The first-order valence-corrected chi connectivity index (χ1v) is 19.1. The fraction of sp³-hybridized carbons (Fsp3) is 0.333. The van der Waals surface area contributed by atoms with E-state index >= 15 is 0 Å². The van der Waals surface area contributed by atoms with E-state index in [1.165, 1.54) is 16.9 Å². The Labute approximate surface area is 273 Å². The highest BCUT2D eigenvalue weighted by molar-refractivity contribution is 8.42. The molecule has 0 aliphatic carbocycles. The summed E-state index contributed by atoms with van der Waals surface area (Å²) in [5.74, 6) is 0. The molecule has 0 saturated heterocycles. The van der Waals surface area contributed by atoms with Gasteiger partial charge in [0.05, 0.1) is 42.2 Å². The molecule has 2 unspecified atom stereocenters. The molecule has 2 aromatic rings. The van der Waals surface area contributed by atoms with Gasteiger partial charge in [0.1, 0.15) is 0 Å². The number of hydrogen-bond acceptors (Lipinski definition) is 10. The zero-order valence-electron chi connectivity index (χ0n) is 23.8. The third kappa shape index (κ3) is 9.65. The predicted octanol–water partition coefficient (Wildman–Crippen LogP) is 9.89. The minimum absolute atomic E-state index is 0.144. The summed E-state index contributed by atoms with van der Waals surface area (Å²) in [6.07, 6.45) is 4.55. The van der Waals surface area contributed by atoms with Crippen LogP contribution in [0.25, 0.3) is 0 Å². The summed E-state index contributed by atoms with van der Waals surface area (Å²) in [5, 5.41) is 5.81. The highest BCUT2D eigenvalue weighted by atomic mass is 32.3. The first-order chi connectivity index (χ1) is 20.4. The van der Waals surface area contributed by atoms with E-state index in [9.17, 15) is 9.59 Å². The number of alkyl carbamates (subject to hydrolysis) is 2. The van der Waals surface area contributed by atoms with Crippen molar-refractivity contribution in [1.82, 2.24) is 10.6 Å². The van der Waals surface area contributed by atoms with E-state index in [4.69, 9.17) is 9.47 Å². The van der Waals surface area contributed by atoms with Crippen LogP contribution in [0.4, 0.5) is 9.59 Å². The number of carbonyl (C=O) groups is 2.